The molecule has 3 aromatic carbocycles. The maximum atomic E-state index is 13.1. The number of hydrogen-bond donors (Lipinski definition) is 1. The van der Waals surface area contributed by atoms with E-state index in [-0.39, 0.29) is 37.2 Å². The maximum absolute atomic E-state index is 13.1. The van der Waals surface area contributed by atoms with Crippen molar-refractivity contribution in [2.75, 3.05) is 24.7 Å². The number of ether oxygens (including phenoxy) is 3. The number of carbonyl (C=O) groups is 2. The SMILES string of the molecule is CCOc1ccc(N2C[C@@H](C(=O)N/N=C\c3ccc(OCc4ccc(F)cc4)c(OCC)c3)CC2=O)cc1. The molecule has 0 unspecified atom stereocenters. The quantitative estimate of drug-likeness (QED) is 0.293. The van der Waals surface area contributed by atoms with Gasteiger partial charge in [0.15, 0.2) is 11.5 Å². The van der Waals surface area contributed by atoms with Gasteiger partial charge in [0.2, 0.25) is 11.8 Å². The minimum absolute atomic E-state index is 0.114. The standard InChI is InChI=1S/C29H30FN3O5/c1-3-36-25-12-10-24(11-13-25)33-18-22(16-28(33)34)29(35)32-31-17-21-7-14-26(27(15-21)37-4-2)38-19-20-5-8-23(30)9-6-20/h5-15,17,22H,3-4,16,18-19H2,1-2H3,(H,32,35)/b31-17-/t22-/m0/s1. The number of hydrazone groups is 1. The molecule has 4 rings (SSSR count). The van der Waals surface area contributed by atoms with Gasteiger partial charge in [0, 0.05) is 18.7 Å². The molecule has 38 heavy (non-hydrogen) atoms. The van der Waals surface area contributed by atoms with Crippen LogP contribution in [0.15, 0.2) is 71.8 Å². The predicted octanol–water partition coefficient (Wildman–Crippen LogP) is 4.71. The Balaban J connectivity index is 1.33. The van der Waals surface area contributed by atoms with Gasteiger partial charge in [-0.1, -0.05) is 12.1 Å². The van der Waals surface area contributed by atoms with E-state index in [0.29, 0.717) is 30.3 Å². The van der Waals surface area contributed by atoms with Crippen molar-refractivity contribution in [1.29, 1.82) is 0 Å². The van der Waals surface area contributed by atoms with Crippen molar-refractivity contribution >= 4 is 23.7 Å². The average molecular weight is 520 g/mol. The molecule has 0 bridgehead atoms. The molecular formula is C29H30FN3O5. The highest BCUT2D eigenvalue weighted by Crippen LogP contribution is 2.29. The van der Waals surface area contributed by atoms with Gasteiger partial charge < -0.3 is 19.1 Å². The van der Waals surface area contributed by atoms with Gasteiger partial charge in [-0.3, -0.25) is 9.59 Å². The summed E-state index contributed by atoms with van der Waals surface area (Å²) in [4.78, 5) is 26.8. The second-order valence-electron chi connectivity index (χ2n) is 8.62. The van der Waals surface area contributed by atoms with Crippen LogP contribution in [0.25, 0.3) is 0 Å². The van der Waals surface area contributed by atoms with Crippen LogP contribution >= 0.6 is 0 Å². The lowest BCUT2D eigenvalue weighted by molar-refractivity contribution is -0.126. The van der Waals surface area contributed by atoms with E-state index >= 15 is 0 Å². The molecule has 0 spiro atoms. The number of rotatable bonds is 11. The largest absolute Gasteiger partial charge is 0.494 e. The highest BCUT2D eigenvalue weighted by Gasteiger charge is 2.35. The van der Waals surface area contributed by atoms with Crippen LogP contribution in [0.2, 0.25) is 0 Å². The van der Waals surface area contributed by atoms with Crippen LogP contribution in [0.5, 0.6) is 17.2 Å². The van der Waals surface area contributed by atoms with Crippen LogP contribution < -0.4 is 24.5 Å². The van der Waals surface area contributed by atoms with Gasteiger partial charge in [-0.05, 0) is 79.6 Å². The Morgan fingerprint density at radius 3 is 2.45 bits per heavy atom. The van der Waals surface area contributed by atoms with Gasteiger partial charge >= 0.3 is 0 Å². The van der Waals surface area contributed by atoms with Crippen molar-refractivity contribution in [1.82, 2.24) is 5.43 Å². The molecule has 9 heteroatoms. The molecule has 1 saturated heterocycles. The topological polar surface area (TPSA) is 89.5 Å². The minimum atomic E-state index is -0.507. The lowest BCUT2D eigenvalue weighted by atomic mass is 10.1. The highest BCUT2D eigenvalue weighted by molar-refractivity contribution is 6.00. The molecule has 1 heterocycles. The number of halogens is 1. The van der Waals surface area contributed by atoms with Crippen molar-refractivity contribution in [2.24, 2.45) is 11.0 Å². The number of anilines is 1. The molecule has 1 atom stereocenters. The molecule has 1 aliphatic rings. The van der Waals surface area contributed by atoms with E-state index in [9.17, 15) is 14.0 Å². The van der Waals surface area contributed by atoms with E-state index in [2.05, 4.69) is 10.5 Å². The molecule has 0 radical (unpaired) electrons. The van der Waals surface area contributed by atoms with E-state index in [1.165, 1.54) is 18.3 Å². The molecule has 8 nitrogen and oxygen atoms in total. The van der Waals surface area contributed by atoms with Crippen molar-refractivity contribution in [2.45, 2.75) is 26.9 Å². The van der Waals surface area contributed by atoms with E-state index in [1.807, 2.05) is 26.0 Å². The van der Waals surface area contributed by atoms with Gasteiger partial charge in [0.1, 0.15) is 18.2 Å². The normalized spacial score (nSPS) is 15.1. The van der Waals surface area contributed by atoms with Crippen LogP contribution in [0, 0.1) is 11.7 Å². The second-order valence-corrected chi connectivity index (χ2v) is 8.62. The summed E-state index contributed by atoms with van der Waals surface area (Å²) in [5, 5.41) is 4.07. The first-order chi connectivity index (χ1) is 18.5. The molecule has 198 valence electrons. The predicted molar refractivity (Wildman–Crippen MR) is 142 cm³/mol. The number of hydrogen-bond acceptors (Lipinski definition) is 6. The third kappa shape index (κ3) is 6.88. The Morgan fingerprint density at radius 2 is 1.74 bits per heavy atom. The van der Waals surface area contributed by atoms with Crippen molar-refractivity contribution in [3.63, 3.8) is 0 Å². The first kappa shape index (κ1) is 26.7. The van der Waals surface area contributed by atoms with Gasteiger partial charge in [0.05, 0.1) is 25.3 Å². The Bertz CT molecular complexity index is 1280. The first-order valence-electron chi connectivity index (χ1n) is 12.5. The third-order valence-electron chi connectivity index (χ3n) is 5.92. The van der Waals surface area contributed by atoms with E-state index in [0.717, 1.165) is 17.0 Å². The number of nitrogens with zero attached hydrogens (tertiary/aromatic N) is 2. The number of carbonyl (C=O) groups excluding carboxylic acids is 2. The molecule has 0 aromatic heterocycles. The Morgan fingerprint density at radius 1 is 1.00 bits per heavy atom. The molecule has 1 N–H and O–H groups in total. The Hall–Kier alpha value is -4.40. The summed E-state index contributed by atoms with van der Waals surface area (Å²) >= 11 is 0. The smallest absolute Gasteiger partial charge is 0.245 e. The zero-order chi connectivity index (χ0) is 26.9. The molecule has 2 amide bonds. The summed E-state index contributed by atoms with van der Waals surface area (Å²) < 4.78 is 30.1. The van der Waals surface area contributed by atoms with Gasteiger partial charge in [-0.2, -0.15) is 5.10 Å². The molecule has 0 aliphatic carbocycles. The molecule has 3 aromatic rings. The summed E-state index contributed by atoms with van der Waals surface area (Å²) in [5.74, 6) is 0.541. The number of nitrogens with one attached hydrogen (secondary N) is 1. The van der Waals surface area contributed by atoms with E-state index < -0.39 is 5.92 Å². The summed E-state index contributed by atoms with van der Waals surface area (Å²) in [6.45, 7) is 5.31. The average Bonchev–Trinajstić information content (AvgIpc) is 3.31. The van der Waals surface area contributed by atoms with Crippen LogP contribution in [-0.4, -0.2) is 37.8 Å². The third-order valence-corrected chi connectivity index (χ3v) is 5.92. The first-order valence-corrected chi connectivity index (χ1v) is 12.5. The second kappa shape index (κ2) is 12.7. The van der Waals surface area contributed by atoms with Crippen molar-refractivity contribution in [3.8, 4) is 17.2 Å². The van der Waals surface area contributed by atoms with Crippen molar-refractivity contribution < 1.29 is 28.2 Å². The lowest BCUT2D eigenvalue weighted by Gasteiger charge is -2.17. The van der Waals surface area contributed by atoms with E-state index in [4.69, 9.17) is 14.2 Å². The highest BCUT2D eigenvalue weighted by atomic mass is 19.1. The number of amides is 2. The fourth-order valence-electron chi connectivity index (χ4n) is 4.02. The molecular weight excluding hydrogens is 489 g/mol. The zero-order valence-electron chi connectivity index (χ0n) is 21.4. The monoisotopic (exact) mass is 519 g/mol. The molecule has 1 fully saturated rings. The van der Waals surface area contributed by atoms with Gasteiger partial charge in [-0.15, -0.1) is 0 Å². The molecule has 0 saturated carbocycles. The van der Waals surface area contributed by atoms with Crippen LogP contribution in [-0.2, 0) is 16.2 Å². The Labute approximate surface area is 221 Å². The zero-order valence-corrected chi connectivity index (χ0v) is 21.4. The van der Waals surface area contributed by atoms with E-state index in [1.54, 1.807) is 47.4 Å². The minimum Gasteiger partial charge on any atom is -0.494 e. The van der Waals surface area contributed by atoms with Gasteiger partial charge in [0.25, 0.3) is 0 Å². The maximum Gasteiger partial charge on any atom is 0.245 e. The number of benzene rings is 3. The van der Waals surface area contributed by atoms with Crippen molar-refractivity contribution in [3.05, 3.63) is 83.7 Å². The van der Waals surface area contributed by atoms with Crippen LogP contribution in [0.4, 0.5) is 10.1 Å². The fraction of sp³-hybridized carbons (Fsp3) is 0.276. The Kier molecular flexibility index (Phi) is 8.92. The fourth-order valence-corrected chi connectivity index (χ4v) is 4.02. The van der Waals surface area contributed by atoms with Gasteiger partial charge in [-0.25, -0.2) is 9.82 Å². The summed E-state index contributed by atoms with van der Waals surface area (Å²) in [6, 6.07) is 18.6. The summed E-state index contributed by atoms with van der Waals surface area (Å²) in [5.41, 5.74) is 4.79. The summed E-state index contributed by atoms with van der Waals surface area (Å²) in [7, 11) is 0. The van der Waals surface area contributed by atoms with Crippen LogP contribution in [0.3, 0.4) is 0 Å². The molecule has 1 aliphatic heterocycles. The lowest BCUT2D eigenvalue weighted by Crippen LogP contribution is -2.30. The van der Waals surface area contributed by atoms with Crippen LogP contribution in [0.1, 0.15) is 31.4 Å². The summed E-state index contributed by atoms with van der Waals surface area (Å²) in [6.07, 6.45) is 1.62.